The van der Waals surface area contributed by atoms with Crippen molar-refractivity contribution in [2.45, 2.75) is 19.8 Å². The van der Waals surface area contributed by atoms with Crippen molar-refractivity contribution in [1.82, 2.24) is 14.6 Å². The highest BCUT2D eigenvalue weighted by Crippen LogP contribution is 2.31. The number of benzene rings is 1. The molecular weight excluding hydrogens is 304 g/mol. The van der Waals surface area contributed by atoms with Gasteiger partial charge < -0.3 is 4.42 Å². The predicted molar refractivity (Wildman–Crippen MR) is 89.8 cm³/mol. The maximum Gasteiger partial charge on any atom is 0.276 e. The van der Waals surface area contributed by atoms with E-state index in [4.69, 9.17) is 4.42 Å². The zero-order valence-electron chi connectivity index (χ0n) is 13.2. The first-order chi connectivity index (χ1) is 11.6. The highest BCUT2D eigenvalue weighted by Gasteiger charge is 2.22. The normalized spacial score (nSPS) is 11.4. The number of fused-ring (bicyclic) bond motifs is 2. The summed E-state index contributed by atoms with van der Waals surface area (Å²) < 4.78 is 7.20. The monoisotopic (exact) mass is 318 g/mol. The molecule has 1 N–H and O–H groups in total. The fraction of sp³-hybridized carbons (Fsp3) is 0.167. The standard InChI is InChI=1S/C18H14N4O2/c1-10(2)15-16(14-7-11-5-3-4-6-13(11)24-14)21-17-12(8-19)9-20-22(17)18(15)23/h3-7,9-10,20H,1-2H3. The third kappa shape index (κ3) is 1.95. The van der Waals surface area contributed by atoms with Crippen LogP contribution in [0.4, 0.5) is 0 Å². The van der Waals surface area contributed by atoms with Crippen molar-refractivity contribution in [2.75, 3.05) is 0 Å². The Kier molecular flexibility index (Phi) is 3.03. The van der Waals surface area contributed by atoms with Crippen molar-refractivity contribution in [3.05, 3.63) is 58.0 Å². The van der Waals surface area contributed by atoms with Crippen LogP contribution in [0.25, 0.3) is 28.1 Å². The van der Waals surface area contributed by atoms with E-state index in [1.54, 1.807) is 0 Å². The van der Waals surface area contributed by atoms with Crippen molar-refractivity contribution in [3.8, 4) is 17.5 Å². The van der Waals surface area contributed by atoms with Crippen LogP contribution < -0.4 is 5.56 Å². The number of nitrogens with one attached hydrogen (secondary N) is 1. The number of H-pyrrole nitrogens is 1. The second kappa shape index (κ2) is 5.10. The smallest absolute Gasteiger partial charge is 0.276 e. The molecule has 0 atom stereocenters. The maximum absolute atomic E-state index is 12.8. The molecule has 0 saturated heterocycles. The van der Waals surface area contributed by atoms with Gasteiger partial charge in [0, 0.05) is 11.6 Å². The molecule has 1 aromatic carbocycles. The second-order valence-electron chi connectivity index (χ2n) is 5.94. The van der Waals surface area contributed by atoms with Crippen molar-refractivity contribution < 1.29 is 4.42 Å². The number of hydrogen-bond acceptors (Lipinski definition) is 4. The van der Waals surface area contributed by atoms with Gasteiger partial charge in [0.1, 0.15) is 22.9 Å². The zero-order valence-corrected chi connectivity index (χ0v) is 13.2. The van der Waals surface area contributed by atoms with Crippen LogP contribution in [-0.2, 0) is 0 Å². The van der Waals surface area contributed by atoms with E-state index in [-0.39, 0.29) is 11.5 Å². The molecule has 0 bridgehead atoms. The first-order valence-electron chi connectivity index (χ1n) is 7.63. The molecule has 0 spiro atoms. The summed E-state index contributed by atoms with van der Waals surface area (Å²) in [5.41, 5.74) is 2.19. The lowest BCUT2D eigenvalue weighted by Crippen LogP contribution is -2.22. The van der Waals surface area contributed by atoms with Crippen LogP contribution in [0.5, 0.6) is 0 Å². The number of aromatic nitrogens is 3. The van der Waals surface area contributed by atoms with Crippen molar-refractivity contribution in [2.24, 2.45) is 0 Å². The molecule has 3 aromatic heterocycles. The summed E-state index contributed by atoms with van der Waals surface area (Å²) in [6.45, 7) is 3.87. The minimum Gasteiger partial charge on any atom is -0.454 e. The van der Waals surface area contributed by atoms with E-state index in [1.165, 1.54) is 10.7 Å². The van der Waals surface area contributed by atoms with Crippen LogP contribution in [0, 0.1) is 11.3 Å². The Morgan fingerprint density at radius 1 is 1.33 bits per heavy atom. The van der Waals surface area contributed by atoms with Crippen LogP contribution in [-0.4, -0.2) is 14.6 Å². The molecule has 6 heteroatoms. The van der Waals surface area contributed by atoms with Crippen molar-refractivity contribution in [1.29, 1.82) is 5.26 Å². The highest BCUT2D eigenvalue weighted by atomic mass is 16.3. The molecule has 0 unspecified atom stereocenters. The number of furan rings is 1. The molecule has 6 nitrogen and oxygen atoms in total. The molecule has 4 rings (SSSR count). The van der Waals surface area contributed by atoms with E-state index < -0.39 is 0 Å². The summed E-state index contributed by atoms with van der Waals surface area (Å²) in [6.07, 6.45) is 1.48. The quantitative estimate of drug-likeness (QED) is 0.613. The molecule has 118 valence electrons. The number of nitriles is 1. The van der Waals surface area contributed by atoms with Gasteiger partial charge in [-0.05, 0) is 18.1 Å². The van der Waals surface area contributed by atoms with Crippen LogP contribution in [0.15, 0.2) is 45.7 Å². The summed E-state index contributed by atoms with van der Waals surface area (Å²) in [5, 5.41) is 13.0. The predicted octanol–water partition coefficient (Wildman–Crippen LogP) is 3.43. The van der Waals surface area contributed by atoms with Gasteiger partial charge in [-0.3, -0.25) is 9.89 Å². The highest BCUT2D eigenvalue weighted by molar-refractivity contribution is 5.83. The Balaban J connectivity index is 2.11. The van der Waals surface area contributed by atoms with Gasteiger partial charge in [-0.2, -0.15) is 5.26 Å². The number of para-hydroxylation sites is 1. The largest absolute Gasteiger partial charge is 0.454 e. The molecule has 0 amide bonds. The van der Waals surface area contributed by atoms with E-state index >= 15 is 0 Å². The minimum atomic E-state index is -0.216. The van der Waals surface area contributed by atoms with Crippen molar-refractivity contribution >= 4 is 16.6 Å². The third-order valence-electron chi connectivity index (χ3n) is 4.05. The molecule has 24 heavy (non-hydrogen) atoms. The lowest BCUT2D eigenvalue weighted by atomic mass is 10.0. The zero-order chi connectivity index (χ0) is 16.8. The summed E-state index contributed by atoms with van der Waals surface area (Å²) in [5.74, 6) is 0.489. The molecular formula is C18H14N4O2. The van der Waals surface area contributed by atoms with E-state index in [2.05, 4.69) is 10.1 Å². The van der Waals surface area contributed by atoms with E-state index in [0.717, 1.165) is 11.0 Å². The van der Waals surface area contributed by atoms with Crippen LogP contribution in [0.3, 0.4) is 0 Å². The molecule has 0 aliphatic rings. The van der Waals surface area contributed by atoms with Gasteiger partial charge in [-0.25, -0.2) is 9.50 Å². The van der Waals surface area contributed by atoms with Gasteiger partial charge in [0.15, 0.2) is 11.4 Å². The van der Waals surface area contributed by atoms with E-state index in [9.17, 15) is 10.1 Å². The molecule has 0 aliphatic heterocycles. The SMILES string of the molecule is CC(C)c1c(-c2cc3ccccc3o2)nc2c(C#N)c[nH]n2c1=O. The molecule has 0 fully saturated rings. The second-order valence-corrected chi connectivity index (χ2v) is 5.94. The first kappa shape index (κ1) is 14.3. The third-order valence-corrected chi connectivity index (χ3v) is 4.05. The lowest BCUT2D eigenvalue weighted by Gasteiger charge is -2.09. The minimum absolute atomic E-state index is 0.0426. The maximum atomic E-state index is 12.8. The summed E-state index contributed by atoms with van der Waals surface area (Å²) in [6, 6.07) is 11.6. The average Bonchev–Trinajstić information content (AvgIpc) is 3.17. The van der Waals surface area contributed by atoms with E-state index in [1.807, 2.05) is 50.2 Å². The summed E-state index contributed by atoms with van der Waals surface area (Å²) in [7, 11) is 0. The number of hydrogen-bond donors (Lipinski definition) is 1. The van der Waals surface area contributed by atoms with E-state index in [0.29, 0.717) is 28.2 Å². The van der Waals surface area contributed by atoms with Crippen LogP contribution >= 0.6 is 0 Å². The fourth-order valence-electron chi connectivity index (χ4n) is 2.92. The average molecular weight is 318 g/mol. The Bertz CT molecular complexity index is 1140. The molecule has 0 saturated carbocycles. The summed E-state index contributed by atoms with van der Waals surface area (Å²) in [4.78, 5) is 17.4. The van der Waals surface area contributed by atoms with Gasteiger partial charge >= 0.3 is 0 Å². The molecule has 0 radical (unpaired) electrons. The number of aromatic amines is 1. The Hall–Kier alpha value is -3.33. The number of nitrogens with zero attached hydrogens (tertiary/aromatic N) is 3. The van der Waals surface area contributed by atoms with Crippen molar-refractivity contribution in [3.63, 3.8) is 0 Å². The molecule has 4 aromatic rings. The first-order valence-corrected chi connectivity index (χ1v) is 7.63. The Morgan fingerprint density at radius 3 is 2.83 bits per heavy atom. The van der Waals surface area contributed by atoms with Crippen LogP contribution in [0.2, 0.25) is 0 Å². The topological polar surface area (TPSA) is 87.1 Å². The van der Waals surface area contributed by atoms with Gasteiger partial charge in [-0.1, -0.05) is 32.0 Å². The van der Waals surface area contributed by atoms with Crippen LogP contribution in [0.1, 0.15) is 30.9 Å². The number of rotatable bonds is 2. The summed E-state index contributed by atoms with van der Waals surface area (Å²) >= 11 is 0. The van der Waals surface area contributed by atoms with Gasteiger partial charge in [0.05, 0.1) is 5.56 Å². The molecule has 0 aliphatic carbocycles. The van der Waals surface area contributed by atoms with Gasteiger partial charge in [0.2, 0.25) is 0 Å². The lowest BCUT2D eigenvalue weighted by molar-refractivity contribution is 0.625. The Labute approximate surface area is 137 Å². The van der Waals surface area contributed by atoms with Gasteiger partial charge in [-0.15, -0.1) is 0 Å². The molecule has 3 heterocycles. The fourth-order valence-corrected chi connectivity index (χ4v) is 2.92. The Morgan fingerprint density at radius 2 is 2.12 bits per heavy atom. The van der Waals surface area contributed by atoms with Gasteiger partial charge in [0.25, 0.3) is 5.56 Å².